The molecule has 3 aromatic rings. The zero-order valence-electron chi connectivity index (χ0n) is 11.1. The van der Waals surface area contributed by atoms with Crippen LogP contribution in [-0.4, -0.2) is 0 Å². The highest BCUT2D eigenvalue weighted by Crippen LogP contribution is 2.26. The summed E-state index contributed by atoms with van der Waals surface area (Å²) in [5.41, 5.74) is 1.45. The van der Waals surface area contributed by atoms with Crippen LogP contribution < -0.4 is 0 Å². The Kier molecular flexibility index (Phi) is 3.33. The highest BCUT2D eigenvalue weighted by Gasteiger charge is 2.02. The summed E-state index contributed by atoms with van der Waals surface area (Å²) in [6.07, 6.45) is 5.39. The molecule has 0 fully saturated rings. The molecule has 94 valence electrons. The molecule has 0 aliphatic rings. The van der Waals surface area contributed by atoms with E-state index in [1.807, 2.05) is 6.08 Å². The third kappa shape index (κ3) is 2.39. The van der Waals surface area contributed by atoms with Crippen molar-refractivity contribution in [2.75, 3.05) is 0 Å². The van der Waals surface area contributed by atoms with Crippen LogP contribution in [0, 0.1) is 0 Å². The third-order valence-electron chi connectivity index (χ3n) is 3.69. The van der Waals surface area contributed by atoms with Gasteiger partial charge in [0.05, 0.1) is 0 Å². The van der Waals surface area contributed by atoms with E-state index in [4.69, 9.17) is 0 Å². The first-order valence-corrected chi connectivity index (χ1v) is 6.90. The van der Waals surface area contributed by atoms with Crippen molar-refractivity contribution >= 4 is 21.5 Å². The maximum Gasteiger partial charge on any atom is -0.0146 e. The topological polar surface area (TPSA) is 0 Å². The number of allylic oxidation sites excluding steroid dienone is 1. The molecule has 0 N–H and O–H groups in total. The van der Waals surface area contributed by atoms with Crippen LogP contribution in [0.2, 0.25) is 0 Å². The summed E-state index contributed by atoms with van der Waals surface area (Å²) >= 11 is 0. The van der Waals surface area contributed by atoms with E-state index >= 15 is 0 Å². The van der Waals surface area contributed by atoms with E-state index in [0.29, 0.717) is 0 Å². The summed E-state index contributed by atoms with van der Waals surface area (Å²) in [5.74, 6) is 0. The summed E-state index contributed by atoms with van der Waals surface area (Å²) in [6, 6.07) is 19.8. The Bertz CT molecular complexity index is 722. The predicted octanol–water partition coefficient (Wildman–Crippen LogP) is 5.50. The molecule has 19 heavy (non-hydrogen) atoms. The van der Waals surface area contributed by atoms with Crippen LogP contribution in [0.25, 0.3) is 21.5 Å². The van der Waals surface area contributed by atoms with Crippen molar-refractivity contribution in [3.63, 3.8) is 0 Å². The summed E-state index contributed by atoms with van der Waals surface area (Å²) < 4.78 is 0. The minimum atomic E-state index is 1.09. The van der Waals surface area contributed by atoms with Gasteiger partial charge in [-0.15, -0.1) is 6.58 Å². The second-order valence-corrected chi connectivity index (χ2v) is 5.02. The van der Waals surface area contributed by atoms with Crippen LogP contribution in [0.4, 0.5) is 0 Å². The lowest BCUT2D eigenvalue weighted by Crippen LogP contribution is -1.87. The van der Waals surface area contributed by atoms with E-state index in [2.05, 4.69) is 61.2 Å². The van der Waals surface area contributed by atoms with Gasteiger partial charge in [0.1, 0.15) is 0 Å². The fourth-order valence-electron chi connectivity index (χ4n) is 2.69. The number of hydrogen-bond donors (Lipinski definition) is 0. The van der Waals surface area contributed by atoms with Crippen molar-refractivity contribution in [1.29, 1.82) is 0 Å². The van der Waals surface area contributed by atoms with Gasteiger partial charge in [0.15, 0.2) is 0 Å². The van der Waals surface area contributed by atoms with Gasteiger partial charge in [0.25, 0.3) is 0 Å². The lowest BCUT2D eigenvalue weighted by molar-refractivity contribution is 0.849. The molecule has 0 aliphatic carbocycles. The predicted molar refractivity (Wildman–Crippen MR) is 84.6 cm³/mol. The molecule has 3 rings (SSSR count). The third-order valence-corrected chi connectivity index (χ3v) is 3.69. The standard InChI is InChI=1S/C19H18/c1-2-3-4-8-15-11-7-12-18-13-16-9-5-6-10-17(16)14-19(15)18/h2,5-7,9-14H,1,3-4,8H2. The Morgan fingerprint density at radius 3 is 2.37 bits per heavy atom. The zero-order chi connectivity index (χ0) is 13.1. The zero-order valence-corrected chi connectivity index (χ0v) is 11.1. The van der Waals surface area contributed by atoms with Crippen molar-refractivity contribution in [3.8, 4) is 0 Å². The SMILES string of the molecule is C=CCCCc1cccc2cc3ccccc3cc12. The molecule has 0 heterocycles. The quantitative estimate of drug-likeness (QED) is 0.324. The lowest BCUT2D eigenvalue weighted by Gasteiger charge is -2.08. The molecular formula is C19H18. The molecule has 0 saturated carbocycles. The first-order valence-electron chi connectivity index (χ1n) is 6.90. The summed E-state index contributed by atoms with van der Waals surface area (Å²) in [7, 11) is 0. The first-order chi connectivity index (χ1) is 9.38. The molecule has 0 atom stereocenters. The van der Waals surface area contributed by atoms with E-state index in [1.165, 1.54) is 33.5 Å². The molecule has 0 nitrogen and oxygen atoms in total. The molecule has 0 aliphatic heterocycles. The maximum absolute atomic E-state index is 3.80. The highest BCUT2D eigenvalue weighted by atomic mass is 14.1. The van der Waals surface area contributed by atoms with Crippen LogP contribution in [0.1, 0.15) is 18.4 Å². The molecule has 0 bridgehead atoms. The van der Waals surface area contributed by atoms with Crippen LogP contribution in [0.15, 0.2) is 67.3 Å². The Morgan fingerprint density at radius 2 is 1.58 bits per heavy atom. The normalized spacial score (nSPS) is 10.9. The maximum atomic E-state index is 3.80. The average Bonchev–Trinajstić information content (AvgIpc) is 2.46. The van der Waals surface area contributed by atoms with Gasteiger partial charge in [-0.25, -0.2) is 0 Å². The smallest absolute Gasteiger partial charge is 0.0146 e. The van der Waals surface area contributed by atoms with Gasteiger partial charge in [-0.05, 0) is 58.5 Å². The minimum absolute atomic E-state index is 1.09. The van der Waals surface area contributed by atoms with Gasteiger partial charge < -0.3 is 0 Å². The lowest BCUT2D eigenvalue weighted by atomic mass is 9.97. The summed E-state index contributed by atoms with van der Waals surface area (Å²) in [4.78, 5) is 0. The van der Waals surface area contributed by atoms with Crippen molar-refractivity contribution in [2.45, 2.75) is 19.3 Å². The van der Waals surface area contributed by atoms with Crippen molar-refractivity contribution < 1.29 is 0 Å². The molecule has 0 aromatic heterocycles. The summed E-state index contributed by atoms with van der Waals surface area (Å²) in [5, 5.41) is 5.38. The van der Waals surface area contributed by atoms with Gasteiger partial charge in [-0.2, -0.15) is 0 Å². The van der Waals surface area contributed by atoms with E-state index < -0.39 is 0 Å². The van der Waals surface area contributed by atoms with Crippen LogP contribution >= 0.6 is 0 Å². The second kappa shape index (κ2) is 5.27. The van der Waals surface area contributed by atoms with Crippen LogP contribution in [-0.2, 0) is 6.42 Å². The summed E-state index contributed by atoms with van der Waals surface area (Å²) in [6.45, 7) is 3.80. The minimum Gasteiger partial charge on any atom is -0.103 e. The van der Waals surface area contributed by atoms with Gasteiger partial charge in [0.2, 0.25) is 0 Å². The number of benzene rings is 3. The largest absolute Gasteiger partial charge is 0.103 e. The van der Waals surface area contributed by atoms with Crippen LogP contribution in [0.3, 0.4) is 0 Å². The van der Waals surface area contributed by atoms with Crippen molar-refractivity contribution in [2.24, 2.45) is 0 Å². The Labute approximate surface area is 114 Å². The molecular weight excluding hydrogens is 228 g/mol. The number of rotatable bonds is 4. The van der Waals surface area contributed by atoms with Crippen molar-refractivity contribution in [1.82, 2.24) is 0 Å². The fraction of sp³-hybridized carbons (Fsp3) is 0.158. The number of aryl methyl sites for hydroxylation is 1. The van der Waals surface area contributed by atoms with Gasteiger partial charge in [-0.3, -0.25) is 0 Å². The van der Waals surface area contributed by atoms with Crippen molar-refractivity contribution in [3.05, 3.63) is 72.8 Å². The Morgan fingerprint density at radius 1 is 0.842 bits per heavy atom. The highest BCUT2D eigenvalue weighted by molar-refractivity contribution is 5.99. The molecule has 0 unspecified atom stereocenters. The fourth-order valence-corrected chi connectivity index (χ4v) is 2.69. The second-order valence-electron chi connectivity index (χ2n) is 5.02. The monoisotopic (exact) mass is 246 g/mol. The average molecular weight is 246 g/mol. The number of fused-ring (bicyclic) bond motifs is 2. The molecule has 0 radical (unpaired) electrons. The molecule has 0 spiro atoms. The van der Waals surface area contributed by atoms with Gasteiger partial charge in [0, 0.05) is 0 Å². The van der Waals surface area contributed by atoms with Gasteiger partial charge >= 0.3 is 0 Å². The number of unbranched alkanes of at least 4 members (excludes halogenated alkanes) is 1. The van der Waals surface area contributed by atoms with E-state index in [9.17, 15) is 0 Å². The van der Waals surface area contributed by atoms with E-state index in [0.717, 1.165) is 12.8 Å². The Balaban J connectivity index is 2.12. The molecule has 0 heteroatoms. The molecule has 0 saturated heterocycles. The van der Waals surface area contributed by atoms with Gasteiger partial charge in [-0.1, -0.05) is 48.5 Å². The number of hydrogen-bond acceptors (Lipinski definition) is 0. The Hall–Kier alpha value is -2.08. The molecule has 3 aromatic carbocycles. The van der Waals surface area contributed by atoms with E-state index in [-0.39, 0.29) is 0 Å². The van der Waals surface area contributed by atoms with Crippen LogP contribution in [0.5, 0.6) is 0 Å². The van der Waals surface area contributed by atoms with E-state index in [1.54, 1.807) is 0 Å². The first kappa shape index (κ1) is 12.0. The molecule has 0 amide bonds.